The Morgan fingerprint density at radius 3 is 0.762 bits per heavy atom. The molecule has 1 heterocycles. The van der Waals surface area contributed by atoms with Gasteiger partial charge in [-0.3, -0.25) is 18.1 Å². The van der Waals surface area contributed by atoms with Crippen molar-refractivity contribution in [1.29, 1.82) is 0 Å². The summed E-state index contributed by atoms with van der Waals surface area (Å²) in [6, 6.07) is 24.7. The third-order valence-corrected chi connectivity index (χ3v) is 25.0. The van der Waals surface area contributed by atoms with Crippen LogP contribution < -0.4 is 0 Å². The Labute approximate surface area is 475 Å². The van der Waals surface area contributed by atoms with Gasteiger partial charge in [-0.15, -0.1) is 0 Å². The second kappa shape index (κ2) is 31.0. The average molecular weight is 1240 g/mol. The first-order valence-electron chi connectivity index (χ1n) is 26.6. The lowest BCUT2D eigenvalue weighted by molar-refractivity contribution is 0.0925. The fourth-order valence-electron chi connectivity index (χ4n) is 8.39. The minimum atomic E-state index is -4.42. The smallest absolute Gasteiger partial charge is 0.379 e. The molecule has 0 atom stereocenters. The van der Waals surface area contributed by atoms with Crippen molar-refractivity contribution in [2.45, 2.75) is 75.0 Å². The van der Waals surface area contributed by atoms with Crippen LogP contribution in [0.4, 0.5) is 0 Å². The molecule has 448 valence electrons. The van der Waals surface area contributed by atoms with Gasteiger partial charge in [0.2, 0.25) is 40.1 Å². The highest BCUT2D eigenvalue weighted by molar-refractivity contribution is 7.90. The molecule has 80 heavy (non-hydrogen) atoms. The number of aryl methyl sites for hydroxylation is 4. The van der Waals surface area contributed by atoms with Gasteiger partial charge in [-0.1, -0.05) is 70.8 Å². The van der Waals surface area contributed by atoms with Crippen molar-refractivity contribution in [3.63, 3.8) is 0 Å². The van der Waals surface area contributed by atoms with E-state index in [0.29, 0.717) is 0 Å². The number of ether oxygens (including phenoxy) is 2. The minimum Gasteiger partial charge on any atom is -0.379 e. The maximum absolute atomic E-state index is 14.7. The fraction of sp³-hybridized carbons (Fsp3) is 0.538. The number of benzene rings is 4. The Bertz CT molecular complexity index is 2970. The molecule has 1 aliphatic heterocycles. The number of sulfonamides is 4. The Balaban J connectivity index is 1.62. The largest absolute Gasteiger partial charge is 0.408 e. The zero-order valence-corrected chi connectivity index (χ0v) is 52.2. The Morgan fingerprint density at radius 1 is 0.338 bits per heavy atom. The molecule has 1 aliphatic rings. The molecule has 0 N–H and O–H groups in total. The van der Waals surface area contributed by atoms with Crippen molar-refractivity contribution in [1.82, 2.24) is 26.6 Å². The number of hydrogen-bond donors (Lipinski definition) is 0. The van der Waals surface area contributed by atoms with Gasteiger partial charge in [-0.25, -0.2) is 52.1 Å². The zero-order chi connectivity index (χ0) is 58.8. The van der Waals surface area contributed by atoms with E-state index in [9.17, 15) is 42.8 Å². The normalized spacial score (nSPS) is 18.2. The summed E-state index contributed by atoms with van der Waals surface area (Å²) in [7, 11) is -25.7. The second-order valence-corrected chi connectivity index (χ2v) is 30.4. The molecule has 22 nitrogen and oxygen atoms in total. The number of hydrogen-bond acceptors (Lipinski definition) is 16. The van der Waals surface area contributed by atoms with Crippen LogP contribution in [0.25, 0.3) is 0 Å². The van der Waals surface area contributed by atoms with Crippen LogP contribution in [-0.4, -0.2) is 192 Å². The molecular formula is C52H80N6O16P2S4. The van der Waals surface area contributed by atoms with Crippen molar-refractivity contribution >= 4 is 55.6 Å². The van der Waals surface area contributed by atoms with Crippen molar-refractivity contribution in [2.75, 3.05) is 131 Å². The van der Waals surface area contributed by atoms with E-state index in [1.807, 2.05) is 6.92 Å². The summed E-state index contributed by atoms with van der Waals surface area (Å²) in [5.74, 6) is 0. The molecule has 0 unspecified atom stereocenters. The Morgan fingerprint density at radius 2 is 0.537 bits per heavy atom. The zero-order valence-electron chi connectivity index (χ0n) is 47.1. The van der Waals surface area contributed by atoms with Gasteiger partial charge in [0.1, 0.15) is 0 Å². The van der Waals surface area contributed by atoms with Crippen LogP contribution in [0.2, 0.25) is 0 Å². The van der Waals surface area contributed by atoms with Crippen LogP contribution >= 0.6 is 15.5 Å². The predicted octanol–water partition coefficient (Wildman–Crippen LogP) is 7.00. The molecular weight excluding hydrogens is 1150 g/mol. The molecule has 0 aromatic heterocycles. The highest BCUT2D eigenvalue weighted by Gasteiger charge is 2.38. The Kier molecular flexibility index (Phi) is 26.1. The summed E-state index contributed by atoms with van der Waals surface area (Å²) in [5.41, 5.74) is 3.20. The first-order chi connectivity index (χ1) is 37.9. The summed E-state index contributed by atoms with van der Waals surface area (Å²) in [6.07, 6.45) is 0. The highest BCUT2D eigenvalue weighted by Crippen LogP contribution is 2.53. The van der Waals surface area contributed by atoms with Crippen molar-refractivity contribution < 1.29 is 70.4 Å². The van der Waals surface area contributed by atoms with Crippen molar-refractivity contribution in [2.24, 2.45) is 0 Å². The van der Waals surface area contributed by atoms with Gasteiger partial charge in [0.15, 0.2) is 0 Å². The monoisotopic (exact) mass is 1230 g/mol. The Hall–Kier alpha value is -3.34. The topological polar surface area (TPSA) is 246 Å². The van der Waals surface area contributed by atoms with E-state index in [1.54, 1.807) is 97.0 Å². The van der Waals surface area contributed by atoms with Gasteiger partial charge in [0.25, 0.3) is 0 Å². The van der Waals surface area contributed by atoms with Crippen LogP contribution in [0.3, 0.4) is 0 Å². The molecule has 5 rings (SSSR count). The molecule has 4 aromatic rings. The molecule has 1 fully saturated rings. The van der Waals surface area contributed by atoms with E-state index in [-0.39, 0.29) is 125 Å². The molecule has 0 saturated carbocycles. The maximum Gasteiger partial charge on any atom is 0.408 e. The lowest BCUT2D eigenvalue weighted by Crippen LogP contribution is -2.46. The lowest BCUT2D eigenvalue weighted by atomic mass is 10.2. The van der Waals surface area contributed by atoms with Gasteiger partial charge in [0.05, 0.1) is 72.4 Å². The summed E-state index contributed by atoms with van der Waals surface area (Å²) in [6.45, 7) is 9.12. The standard InChI is InChI=1S/C52H80N6O16P2S4/c1-9-71-75(59,72-10-2)53-29-31-55(77(61,62)49-21-13-45(5)14-22-49)32-30-54(76(60,73-11-3)74-12-4)38-42-70-44-40-58(80(67,68)52-27-19-48(8)20-28-52)36-34-56(78(63,64)50-23-15-46(6)16-24-50)33-35-57(39-43-69-41-37-53)79(65,66)51-25-17-47(7)18-26-51/h13-28H,9-12,29-44H2,1-8H3. The maximum atomic E-state index is 14.7. The van der Waals surface area contributed by atoms with Crippen LogP contribution in [-0.2, 0) is 76.8 Å². The van der Waals surface area contributed by atoms with Gasteiger partial charge >= 0.3 is 15.5 Å². The quantitative estimate of drug-likeness (QED) is 0.0910. The summed E-state index contributed by atoms with van der Waals surface area (Å²) < 4.78 is 189. The third-order valence-electron chi connectivity index (χ3n) is 12.9. The van der Waals surface area contributed by atoms with E-state index in [0.717, 1.165) is 39.5 Å². The number of rotatable bonds is 18. The van der Waals surface area contributed by atoms with E-state index >= 15 is 0 Å². The molecule has 1 saturated heterocycles. The first-order valence-corrected chi connectivity index (χ1v) is 35.3. The van der Waals surface area contributed by atoms with Crippen LogP contribution in [0.5, 0.6) is 0 Å². The van der Waals surface area contributed by atoms with E-state index in [1.165, 1.54) is 57.9 Å². The van der Waals surface area contributed by atoms with Crippen LogP contribution in [0.15, 0.2) is 117 Å². The van der Waals surface area contributed by atoms with Gasteiger partial charge in [-0.05, 0) is 104 Å². The van der Waals surface area contributed by atoms with Crippen LogP contribution in [0.1, 0.15) is 49.9 Å². The molecule has 0 aliphatic carbocycles. The lowest BCUT2D eigenvalue weighted by Gasteiger charge is -2.34. The van der Waals surface area contributed by atoms with Gasteiger partial charge in [-0.2, -0.15) is 17.2 Å². The summed E-state index contributed by atoms with van der Waals surface area (Å²) >= 11 is 0. The molecule has 4 aromatic carbocycles. The van der Waals surface area contributed by atoms with Gasteiger partial charge < -0.3 is 9.47 Å². The van der Waals surface area contributed by atoms with Gasteiger partial charge in [0, 0.05) is 78.5 Å². The van der Waals surface area contributed by atoms with Crippen LogP contribution in [0, 0.1) is 27.7 Å². The van der Waals surface area contributed by atoms with Crippen molar-refractivity contribution in [3.8, 4) is 0 Å². The molecule has 28 heteroatoms. The third kappa shape index (κ3) is 18.3. The second-order valence-electron chi connectivity index (χ2n) is 18.6. The molecule has 0 amide bonds. The summed E-state index contributed by atoms with van der Waals surface area (Å²) in [5, 5.41) is 0. The molecule has 0 radical (unpaired) electrons. The summed E-state index contributed by atoms with van der Waals surface area (Å²) in [4.78, 5) is -0.261. The average Bonchev–Trinajstić information content (AvgIpc) is 3.43. The van der Waals surface area contributed by atoms with E-state index in [4.69, 9.17) is 27.6 Å². The highest BCUT2D eigenvalue weighted by atomic mass is 32.2. The minimum absolute atomic E-state index is 0.0374. The van der Waals surface area contributed by atoms with E-state index in [2.05, 4.69) is 0 Å². The van der Waals surface area contributed by atoms with E-state index < -0.39 is 81.8 Å². The fourth-order valence-corrected chi connectivity index (χ4v) is 17.5. The first kappa shape index (κ1) is 67.5. The molecule has 0 spiro atoms. The SMILES string of the molecule is CCOP(=O)(OCC)N1CCOCCN(S(=O)(=O)c2ccc(C)cc2)CCN(S(=O)(=O)c2ccc(C)cc2)CCN(S(=O)(=O)c2ccc(C)cc2)CCOCCN(P(=O)(OCC)OCC)CCN(S(=O)(=O)c2ccc(C)cc2)CC1. The molecule has 0 bridgehead atoms. The van der Waals surface area contributed by atoms with Crippen molar-refractivity contribution in [3.05, 3.63) is 119 Å². The predicted molar refractivity (Wildman–Crippen MR) is 306 cm³/mol. The number of nitrogens with zero attached hydrogens (tertiary/aromatic N) is 6.